The molecule has 0 aromatic heterocycles. The van der Waals surface area contributed by atoms with E-state index >= 15 is 0 Å². The molecule has 0 unspecified atom stereocenters. The lowest BCUT2D eigenvalue weighted by Crippen LogP contribution is -2.51. The summed E-state index contributed by atoms with van der Waals surface area (Å²) >= 11 is 0. The first-order chi connectivity index (χ1) is 13.4. The Morgan fingerprint density at radius 2 is 2.07 bits per heavy atom. The quantitative estimate of drug-likeness (QED) is 0.830. The van der Waals surface area contributed by atoms with Crippen molar-refractivity contribution in [1.82, 2.24) is 4.90 Å². The molecule has 3 rings (SSSR count). The molecule has 1 aliphatic heterocycles. The lowest BCUT2D eigenvalue weighted by atomic mass is 10.1. The second-order valence-electron chi connectivity index (χ2n) is 6.70. The maximum absolute atomic E-state index is 14.0. The molecule has 6 nitrogen and oxygen atoms in total. The number of likely N-dealkylation sites (N-methyl/N-ethyl adjacent to an activating group) is 1. The second-order valence-corrected chi connectivity index (χ2v) is 6.70. The van der Waals surface area contributed by atoms with Crippen LogP contribution in [0.2, 0.25) is 0 Å². The number of benzene rings is 2. The Kier molecular flexibility index (Phi) is 5.94. The van der Waals surface area contributed by atoms with Crippen LogP contribution < -0.4 is 15.0 Å². The standard InChI is InChI=1S/C21H24FN3O3/c1-4-24(12-15-9-10-19(28-3)16(22)11-15)14(2)21(27)25-13-20(26)23-17-7-5-6-8-18(17)25/h5-11,14H,4,12-13H2,1-3H3,(H,23,26)/t14-/m1/s1. The van der Waals surface area contributed by atoms with Gasteiger partial charge in [-0.2, -0.15) is 0 Å². The number of ether oxygens (including phenoxy) is 1. The van der Waals surface area contributed by atoms with Crippen molar-refractivity contribution in [2.24, 2.45) is 0 Å². The van der Waals surface area contributed by atoms with Crippen molar-refractivity contribution in [3.8, 4) is 5.75 Å². The summed E-state index contributed by atoms with van der Waals surface area (Å²) in [5.41, 5.74) is 2.06. The van der Waals surface area contributed by atoms with E-state index in [0.717, 1.165) is 5.56 Å². The Labute approximate surface area is 163 Å². The number of carbonyl (C=O) groups is 2. The minimum atomic E-state index is -0.478. The number of para-hydroxylation sites is 2. The highest BCUT2D eigenvalue weighted by Gasteiger charge is 2.31. The largest absolute Gasteiger partial charge is 0.494 e. The highest BCUT2D eigenvalue weighted by molar-refractivity contribution is 6.11. The zero-order chi connectivity index (χ0) is 20.3. The van der Waals surface area contributed by atoms with Crippen LogP contribution in [-0.2, 0) is 16.1 Å². The summed E-state index contributed by atoms with van der Waals surface area (Å²) in [5, 5.41) is 2.78. The predicted octanol–water partition coefficient (Wildman–Crippen LogP) is 3.03. The number of anilines is 2. The SMILES string of the molecule is CCN(Cc1ccc(OC)c(F)c1)[C@H](C)C(=O)N1CC(=O)Nc2ccccc21. The molecule has 1 N–H and O–H groups in total. The van der Waals surface area contributed by atoms with Gasteiger partial charge >= 0.3 is 0 Å². The van der Waals surface area contributed by atoms with Crippen LogP contribution in [0.25, 0.3) is 0 Å². The van der Waals surface area contributed by atoms with Crippen molar-refractivity contribution in [1.29, 1.82) is 0 Å². The fraction of sp³-hybridized carbons (Fsp3) is 0.333. The summed E-state index contributed by atoms with van der Waals surface area (Å²) in [6.45, 7) is 4.74. The van der Waals surface area contributed by atoms with E-state index in [4.69, 9.17) is 4.74 Å². The fourth-order valence-corrected chi connectivity index (χ4v) is 3.38. The van der Waals surface area contributed by atoms with Crippen LogP contribution in [0.5, 0.6) is 5.75 Å². The minimum absolute atomic E-state index is 0.0189. The number of hydrogen-bond donors (Lipinski definition) is 1. The molecule has 2 amide bonds. The number of halogens is 1. The van der Waals surface area contributed by atoms with Gasteiger partial charge in [0.05, 0.1) is 24.5 Å². The number of nitrogens with one attached hydrogen (secondary N) is 1. The molecule has 1 atom stereocenters. The average Bonchev–Trinajstić information content (AvgIpc) is 2.70. The predicted molar refractivity (Wildman–Crippen MR) is 106 cm³/mol. The normalized spacial score (nSPS) is 14.5. The third kappa shape index (κ3) is 3.99. The Hall–Kier alpha value is -2.93. The monoisotopic (exact) mass is 385 g/mol. The number of nitrogens with zero attached hydrogens (tertiary/aromatic N) is 2. The molecular weight excluding hydrogens is 361 g/mol. The van der Waals surface area contributed by atoms with Gasteiger partial charge in [-0.3, -0.25) is 19.4 Å². The Bertz CT molecular complexity index is 887. The van der Waals surface area contributed by atoms with E-state index in [1.807, 2.05) is 30.0 Å². The molecule has 0 saturated heterocycles. The molecule has 0 aliphatic carbocycles. The molecule has 1 heterocycles. The third-order valence-corrected chi connectivity index (χ3v) is 4.95. The van der Waals surface area contributed by atoms with Gasteiger partial charge in [0.25, 0.3) is 0 Å². The summed E-state index contributed by atoms with van der Waals surface area (Å²) in [6.07, 6.45) is 0. The zero-order valence-electron chi connectivity index (χ0n) is 16.2. The third-order valence-electron chi connectivity index (χ3n) is 4.95. The van der Waals surface area contributed by atoms with Gasteiger partial charge in [-0.15, -0.1) is 0 Å². The summed E-state index contributed by atoms with van der Waals surface area (Å²) in [5.74, 6) is -0.638. The highest BCUT2D eigenvalue weighted by atomic mass is 19.1. The van der Waals surface area contributed by atoms with E-state index in [1.165, 1.54) is 18.1 Å². The topological polar surface area (TPSA) is 61.9 Å². The van der Waals surface area contributed by atoms with Crippen LogP contribution in [0.4, 0.5) is 15.8 Å². The molecule has 0 fully saturated rings. The molecule has 0 spiro atoms. The smallest absolute Gasteiger partial charge is 0.244 e. The maximum Gasteiger partial charge on any atom is 0.244 e. The van der Waals surface area contributed by atoms with Crippen LogP contribution in [0.1, 0.15) is 19.4 Å². The summed E-state index contributed by atoms with van der Waals surface area (Å²) in [6, 6.07) is 11.5. The van der Waals surface area contributed by atoms with E-state index in [-0.39, 0.29) is 24.1 Å². The molecule has 148 valence electrons. The van der Waals surface area contributed by atoms with E-state index in [1.54, 1.807) is 25.1 Å². The van der Waals surface area contributed by atoms with Gasteiger partial charge in [0, 0.05) is 6.54 Å². The van der Waals surface area contributed by atoms with Gasteiger partial charge in [-0.05, 0) is 43.3 Å². The van der Waals surface area contributed by atoms with Gasteiger partial charge in [-0.25, -0.2) is 4.39 Å². The van der Waals surface area contributed by atoms with Gasteiger partial charge in [0.15, 0.2) is 11.6 Å². The summed E-state index contributed by atoms with van der Waals surface area (Å²) in [7, 11) is 1.42. The maximum atomic E-state index is 14.0. The molecule has 2 aromatic rings. The van der Waals surface area contributed by atoms with E-state index in [9.17, 15) is 14.0 Å². The first-order valence-electron chi connectivity index (χ1n) is 9.21. The van der Waals surface area contributed by atoms with Crippen LogP contribution in [0.15, 0.2) is 42.5 Å². The minimum Gasteiger partial charge on any atom is -0.494 e. The number of methoxy groups -OCH3 is 1. The van der Waals surface area contributed by atoms with Crippen molar-refractivity contribution in [2.75, 3.05) is 30.4 Å². The van der Waals surface area contributed by atoms with Crippen LogP contribution >= 0.6 is 0 Å². The number of carbonyl (C=O) groups excluding carboxylic acids is 2. The van der Waals surface area contributed by atoms with Crippen LogP contribution in [0.3, 0.4) is 0 Å². The van der Waals surface area contributed by atoms with Gasteiger partial charge in [0.1, 0.15) is 6.54 Å². The first kappa shape index (κ1) is 19.8. The molecule has 2 aromatic carbocycles. The van der Waals surface area contributed by atoms with Crippen molar-refractivity contribution in [2.45, 2.75) is 26.4 Å². The van der Waals surface area contributed by atoms with Gasteiger partial charge in [-0.1, -0.05) is 25.1 Å². The van der Waals surface area contributed by atoms with Crippen LogP contribution in [-0.4, -0.2) is 43.0 Å². The summed E-state index contributed by atoms with van der Waals surface area (Å²) < 4.78 is 19.0. The summed E-state index contributed by atoms with van der Waals surface area (Å²) in [4.78, 5) is 28.6. The van der Waals surface area contributed by atoms with Crippen molar-refractivity contribution in [3.05, 3.63) is 53.8 Å². The average molecular weight is 385 g/mol. The molecule has 28 heavy (non-hydrogen) atoms. The first-order valence-corrected chi connectivity index (χ1v) is 9.21. The Morgan fingerprint density at radius 1 is 1.32 bits per heavy atom. The van der Waals surface area contributed by atoms with Crippen molar-refractivity contribution in [3.63, 3.8) is 0 Å². The Balaban J connectivity index is 1.79. The lowest BCUT2D eigenvalue weighted by molar-refractivity contribution is -0.125. The molecule has 0 saturated carbocycles. The zero-order valence-corrected chi connectivity index (χ0v) is 16.2. The van der Waals surface area contributed by atoms with E-state index in [2.05, 4.69) is 5.32 Å². The number of rotatable bonds is 6. The molecule has 1 aliphatic rings. The molecule has 0 radical (unpaired) electrons. The Morgan fingerprint density at radius 3 is 2.75 bits per heavy atom. The molecule has 7 heteroatoms. The van der Waals surface area contributed by atoms with E-state index < -0.39 is 11.9 Å². The van der Waals surface area contributed by atoms with Gasteiger partial charge in [0.2, 0.25) is 11.8 Å². The molecular formula is C21H24FN3O3. The van der Waals surface area contributed by atoms with Crippen LogP contribution in [0, 0.1) is 5.82 Å². The van der Waals surface area contributed by atoms with E-state index in [0.29, 0.717) is 24.5 Å². The molecule has 0 bridgehead atoms. The van der Waals surface area contributed by atoms with Crippen molar-refractivity contribution >= 4 is 23.2 Å². The van der Waals surface area contributed by atoms with Crippen molar-refractivity contribution < 1.29 is 18.7 Å². The lowest BCUT2D eigenvalue weighted by Gasteiger charge is -2.34. The number of amides is 2. The highest BCUT2D eigenvalue weighted by Crippen LogP contribution is 2.30. The number of fused-ring (bicyclic) bond motifs is 1. The second kappa shape index (κ2) is 8.39. The van der Waals surface area contributed by atoms with Gasteiger partial charge < -0.3 is 10.1 Å². The fourth-order valence-electron chi connectivity index (χ4n) is 3.38. The number of hydrogen-bond acceptors (Lipinski definition) is 4.